The molecule has 0 fully saturated rings. The molecule has 1 amide bonds. The fourth-order valence-corrected chi connectivity index (χ4v) is 3.48. The lowest BCUT2D eigenvalue weighted by atomic mass is 10.1. The number of hydrogen-bond donors (Lipinski definition) is 1. The molecule has 1 unspecified atom stereocenters. The molecule has 2 aromatic carbocycles. The number of carbonyl (C=O) groups is 1. The number of amides is 1. The molecular weight excluding hydrogens is 417 g/mol. The molecule has 0 saturated carbocycles. The van der Waals surface area contributed by atoms with Crippen molar-refractivity contribution in [3.63, 3.8) is 0 Å². The van der Waals surface area contributed by atoms with Gasteiger partial charge in [0.15, 0.2) is 0 Å². The molecule has 0 spiro atoms. The van der Waals surface area contributed by atoms with E-state index in [0.717, 1.165) is 11.1 Å². The first-order valence-electron chi connectivity index (χ1n) is 9.82. The molecule has 1 atom stereocenters. The summed E-state index contributed by atoms with van der Waals surface area (Å²) in [7, 11) is 0. The van der Waals surface area contributed by atoms with Crippen LogP contribution in [0.25, 0.3) is 0 Å². The molecule has 4 aromatic rings. The average molecular weight is 438 g/mol. The van der Waals surface area contributed by atoms with Gasteiger partial charge >= 0.3 is 0 Å². The summed E-state index contributed by atoms with van der Waals surface area (Å²) in [5.74, 6) is -0.851. The third-order valence-electron chi connectivity index (χ3n) is 4.96. The van der Waals surface area contributed by atoms with Gasteiger partial charge in [-0.2, -0.15) is 10.2 Å². The molecule has 0 aliphatic heterocycles. The average Bonchev–Trinajstić information content (AvgIpc) is 3.43. The second kappa shape index (κ2) is 9.14. The summed E-state index contributed by atoms with van der Waals surface area (Å²) in [5.41, 5.74) is 2.96. The second-order valence-corrected chi connectivity index (χ2v) is 7.69. The molecule has 0 saturated heterocycles. The van der Waals surface area contributed by atoms with Crippen LogP contribution in [0.3, 0.4) is 0 Å². The molecule has 4 rings (SSSR count). The lowest BCUT2D eigenvalue weighted by Gasteiger charge is -2.15. The van der Waals surface area contributed by atoms with Crippen LogP contribution in [0.15, 0.2) is 73.3 Å². The van der Waals surface area contributed by atoms with E-state index in [1.165, 1.54) is 12.3 Å². The van der Waals surface area contributed by atoms with Gasteiger partial charge in [0.05, 0.1) is 35.9 Å². The van der Waals surface area contributed by atoms with Crippen molar-refractivity contribution >= 4 is 17.5 Å². The van der Waals surface area contributed by atoms with Gasteiger partial charge in [0.2, 0.25) is 0 Å². The maximum absolute atomic E-state index is 14.2. The highest BCUT2D eigenvalue weighted by molar-refractivity contribution is 6.30. The SMILES string of the molecule is CC(NC(=O)c1cnn(Cc2ccc(Cn3cccn3)cc2)c1)c1cccc(Cl)c1F. The first-order chi connectivity index (χ1) is 15.0. The molecule has 6 nitrogen and oxygen atoms in total. The minimum absolute atomic E-state index is 0.0297. The van der Waals surface area contributed by atoms with E-state index in [-0.39, 0.29) is 10.9 Å². The fourth-order valence-electron chi connectivity index (χ4n) is 3.30. The minimum atomic E-state index is -0.531. The van der Waals surface area contributed by atoms with Crippen molar-refractivity contribution in [2.75, 3.05) is 0 Å². The highest BCUT2D eigenvalue weighted by Gasteiger charge is 2.17. The van der Waals surface area contributed by atoms with Crippen LogP contribution in [-0.4, -0.2) is 25.5 Å². The van der Waals surface area contributed by atoms with Crippen molar-refractivity contribution in [3.8, 4) is 0 Å². The Hall–Kier alpha value is -3.45. The van der Waals surface area contributed by atoms with E-state index in [4.69, 9.17) is 11.6 Å². The zero-order valence-electron chi connectivity index (χ0n) is 16.9. The molecule has 31 heavy (non-hydrogen) atoms. The molecule has 158 valence electrons. The van der Waals surface area contributed by atoms with Crippen LogP contribution in [-0.2, 0) is 13.1 Å². The number of halogens is 2. The van der Waals surface area contributed by atoms with Crippen molar-refractivity contribution in [3.05, 3.63) is 106 Å². The fraction of sp³-hybridized carbons (Fsp3) is 0.174. The number of benzene rings is 2. The van der Waals surface area contributed by atoms with Crippen molar-refractivity contribution in [2.24, 2.45) is 0 Å². The van der Waals surface area contributed by atoms with Gasteiger partial charge < -0.3 is 5.32 Å². The summed E-state index contributed by atoms with van der Waals surface area (Å²) in [6.45, 7) is 2.96. The molecule has 8 heteroatoms. The van der Waals surface area contributed by atoms with Crippen molar-refractivity contribution in [2.45, 2.75) is 26.1 Å². The smallest absolute Gasteiger partial charge is 0.254 e. The number of nitrogens with one attached hydrogen (secondary N) is 1. The Bertz CT molecular complexity index is 1170. The zero-order chi connectivity index (χ0) is 21.8. The number of nitrogens with zero attached hydrogens (tertiary/aromatic N) is 4. The van der Waals surface area contributed by atoms with Crippen LogP contribution in [0, 0.1) is 5.82 Å². The summed E-state index contributed by atoms with van der Waals surface area (Å²) >= 11 is 5.83. The molecule has 0 radical (unpaired) electrons. The number of carbonyl (C=O) groups excluding carboxylic acids is 1. The van der Waals surface area contributed by atoms with Crippen LogP contribution in [0.2, 0.25) is 5.02 Å². The van der Waals surface area contributed by atoms with E-state index in [9.17, 15) is 9.18 Å². The standard InChI is InChI=1S/C23H21ClFN5O/c1-16(20-4-2-5-21(24)22(20)25)28-23(31)19-12-27-30(15-19)14-18-8-6-17(7-9-18)13-29-11-3-10-26-29/h2-12,15-16H,13-14H2,1H3,(H,28,31). The third kappa shape index (κ3) is 5.00. The van der Waals surface area contributed by atoms with Gasteiger partial charge in [-0.05, 0) is 30.2 Å². The van der Waals surface area contributed by atoms with Crippen molar-refractivity contribution in [1.29, 1.82) is 0 Å². The van der Waals surface area contributed by atoms with Crippen LogP contribution in [0.4, 0.5) is 4.39 Å². The quantitative estimate of drug-likeness (QED) is 0.464. The number of aromatic nitrogens is 4. The zero-order valence-corrected chi connectivity index (χ0v) is 17.6. The maximum atomic E-state index is 14.2. The Labute approximate surface area is 184 Å². The summed E-state index contributed by atoms with van der Waals surface area (Å²) in [5, 5.41) is 11.3. The highest BCUT2D eigenvalue weighted by Crippen LogP contribution is 2.23. The maximum Gasteiger partial charge on any atom is 0.254 e. The highest BCUT2D eigenvalue weighted by atomic mass is 35.5. The van der Waals surface area contributed by atoms with Crippen LogP contribution in [0.5, 0.6) is 0 Å². The Morgan fingerprint density at radius 1 is 1.06 bits per heavy atom. The molecule has 2 heterocycles. The predicted molar refractivity (Wildman–Crippen MR) is 116 cm³/mol. The normalized spacial score (nSPS) is 12.0. The topological polar surface area (TPSA) is 64.7 Å². The molecule has 0 bridgehead atoms. The van der Waals surface area contributed by atoms with E-state index < -0.39 is 11.9 Å². The van der Waals surface area contributed by atoms with Crippen molar-refractivity contribution in [1.82, 2.24) is 24.9 Å². The number of rotatable bonds is 7. The van der Waals surface area contributed by atoms with E-state index in [0.29, 0.717) is 24.2 Å². The Kier molecular flexibility index (Phi) is 6.13. The summed E-state index contributed by atoms with van der Waals surface area (Å²) in [6.07, 6.45) is 6.86. The van der Waals surface area contributed by atoms with Gasteiger partial charge in [0.1, 0.15) is 5.82 Å². The molecule has 1 N–H and O–H groups in total. The molecule has 0 aliphatic carbocycles. The van der Waals surface area contributed by atoms with Crippen LogP contribution in [0.1, 0.15) is 40.0 Å². The summed E-state index contributed by atoms with van der Waals surface area (Å²) in [6, 6.07) is 14.3. The monoisotopic (exact) mass is 437 g/mol. The van der Waals surface area contributed by atoms with Gasteiger partial charge in [-0.15, -0.1) is 0 Å². The largest absolute Gasteiger partial charge is 0.345 e. The van der Waals surface area contributed by atoms with E-state index >= 15 is 0 Å². The Morgan fingerprint density at radius 3 is 2.45 bits per heavy atom. The van der Waals surface area contributed by atoms with E-state index in [1.54, 1.807) is 36.1 Å². The third-order valence-corrected chi connectivity index (χ3v) is 5.25. The van der Waals surface area contributed by atoms with E-state index in [1.807, 2.05) is 29.1 Å². The van der Waals surface area contributed by atoms with Gasteiger partial charge in [-0.3, -0.25) is 14.2 Å². The minimum Gasteiger partial charge on any atom is -0.345 e. The lowest BCUT2D eigenvalue weighted by Crippen LogP contribution is -2.27. The second-order valence-electron chi connectivity index (χ2n) is 7.28. The Morgan fingerprint density at radius 2 is 1.77 bits per heavy atom. The Balaban J connectivity index is 1.37. The lowest BCUT2D eigenvalue weighted by molar-refractivity contribution is 0.0939. The van der Waals surface area contributed by atoms with Gasteiger partial charge in [0.25, 0.3) is 5.91 Å². The van der Waals surface area contributed by atoms with Crippen molar-refractivity contribution < 1.29 is 9.18 Å². The first-order valence-corrected chi connectivity index (χ1v) is 10.2. The van der Waals surface area contributed by atoms with Gasteiger partial charge in [-0.25, -0.2) is 4.39 Å². The number of hydrogen-bond acceptors (Lipinski definition) is 3. The first kappa shape index (κ1) is 20.8. The van der Waals surface area contributed by atoms with Gasteiger partial charge in [0, 0.05) is 24.2 Å². The van der Waals surface area contributed by atoms with Gasteiger partial charge in [-0.1, -0.05) is 48.0 Å². The van der Waals surface area contributed by atoms with E-state index in [2.05, 4.69) is 27.6 Å². The summed E-state index contributed by atoms with van der Waals surface area (Å²) in [4.78, 5) is 12.6. The molecular formula is C23H21ClFN5O. The van der Waals surface area contributed by atoms with Crippen LogP contribution >= 0.6 is 11.6 Å². The summed E-state index contributed by atoms with van der Waals surface area (Å²) < 4.78 is 17.7. The molecule has 2 aromatic heterocycles. The van der Waals surface area contributed by atoms with Crippen LogP contribution < -0.4 is 5.32 Å². The predicted octanol–water partition coefficient (Wildman–Crippen LogP) is 4.46. The molecule has 0 aliphatic rings.